The van der Waals surface area contributed by atoms with Crippen LogP contribution in [0.15, 0.2) is 0 Å². The molecule has 0 aromatic carbocycles. The van der Waals surface area contributed by atoms with Crippen molar-refractivity contribution in [3.05, 3.63) is 0 Å². The molecule has 0 radical (unpaired) electrons. The van der Waals surface area contributed by atoms with Crippen LogP contribution in [-0.2, 0) is 0 Å². The van der Waals surface area contributed by atoms with E-state index in [-0.39, 0.29) is 0 Å². The zero-order chi connectivity index (χ0) is 6.32. The fourth-order valence-corrected chi connectivity index (χ4v) is 2.42. The molecule has 2 fully saturated rings. The van der Waals surface area contributed by atoms with Crippen LogP contribution in [0, 0.1) is 5.41 Å². The largest absolute Gasteiger partial charge is 0.316 e. The molecule has 1 aliphatic carbocycles. The van der Waals surface area contributed by atoms with Gasteiger partial charge in [-0.25, -0.2) is 0 Å². The van der Waals surface area contributed by atoms with Gasteiger partial charge in [0.05, 0.1) is 0 Å². The van der Waals surface area contributed by atoms with Crippen molar-refractivity contribution in [1.29, 1.82) is 0 Å². The van der Waals surface area contributed by atoms with Gasteiger partial charge in [-0.1, -0.05) is 0 Å². The van der Waals surface area contributed by atoms with Gasteiger partial charge in [0, 0.05) is 11.8 Å². The SMILES string of the molecule is SC1CCC12CCNC2. The first-order valence-electron chi connectivity index (χ1n) is 3.72. The highest BCUT2D eigenvalue weighted by molar-refractivity contribution is 7.81. The molecule has 1 saturated heterocycles. The van der Waals surface area contributed by atoms with Crippen LogP contribution in [0.3, 0.4) is 0 Å². The predicted molar refractivity (Wildman–Crippen MR) is 41.9 cm³/mol. The second kappa shape index (κ2) is 1.89. The monoisotopic (exact) mass is 143 g/mol. The highest BCUT2D eigenvalue weighted by Crippen LogP contribution is 2.48. The maximum absolute atomic E-state index is 4.53. The van der Waals surface area contributed by atoms with Crippen LogP contribution < -0.4 is 5.32 Å². The number of hydrogen-bond acceptors (Lipinski definition) is 2. The Balaban J connectivity index is 2.06. The Morgan fingerprint density at radius 3 is 2.56 bits per heavy atom. The molecule has 1 heterocycles. The molecule has 2 rings (SSSR count). The van der Waals surface area contributed by atoms with E-state index in [1.807, 2.05) is 0 Å². The van der Waals surface area contributed by atoms with Crippen LogP contribution in [0.1, 0.15) is 19.3 Å². The number of rotatable bonds is 0. The Kier molecular flexibility index (Phi) is 1.27. The number of hydrogen-bond donors (Lipinski definition) is 2. The zero-order valence-electron chi connectivity index (χ0n) is 5.56. The second-order valence-electron chi connectivity index (χ2n) is 3.34. The van der Waals surface area contributed by atoms with Gasteiger partial charge in [-0.05, 0) is 31.2 Å². The fraction of sp³-hybridized carbons (Fsp3) is 1.00. The molecule has 1 N–H and O–H groups in total. The topological polar surface area (TPSA) is 12.0 Å². The normalized spacial score (nSPS) is 49.7. The van der Waals surface area contributed by atoms with Gasteiger partial charge in [-0.3, -0.25) is 0 Å². The van der Waals surface area contributed by atoms with Crippen LogP contribution in [0.5, 0.6) is 0 Å². The summed E-state index contributed by atoms with van der Waals surface area (Å²) in [7, 11) is 0. The maximum Gasteiger partial charge on any atom is 0.00861 e. The highest BCUT2D eigenvalue weighted by Gasteiger charge is 2.46. The first kappa shape index (κ1) is 6.05. The third-order valence-electron chi connectivity index (χ3n) is 2.90. The quantitative estimate of drug-likeness (QED) is 0.483. The highest BCUT2D eigenvalue weighted by atomic mass is 32.1. The summed E-state index contributed by atoms with van der Waals surface area (Å²) in [6, 6.07) is 0. The molecule has 2 aliphatic rings. The molecule has 1 nitrogen and oxygen atoms in total. The lowest BCUT2D eigenvalue weighted by atomic mass is 9.68. The van der Waals surface area contributed by atoms with Crippen molar-refractivity contribution in [2.45, 2.75) is 24.5 Å². The summed E-state index contributed by atoms with van der Waals surface area (Å²) in [5.74, 6) is 0. The number of thiol groups is 1. The molecule has 9 heavy (non-hydrogen) atoms. The summed E-state index contributed by atoms with van der Waals surface area (Å²) in [5, 5.41) is 4.10. The van der Waals surface area contributed by atoms with Gasteiger partial charge in [0.1, 0.15) is 0 Å². The van der Waals surface area contributed by atoms with Gasteiger partial charge in [-0.2, -0.15) is 12.6 Å². The summed E-state index contributed by atoms with van der Waals surface area (Å²) >= 11 is 4.53. The van der Waals surface area contributed by atoms with E-state index in [1.165, 1.54) is 32.4 Å². The van der Waals surface area contributed by atoms with E-state index < -0.39 is 0 Å². The molecule has 2 atom stereocenters. The smallest absolute Gasteiger partial charge is 0.00861 e. The van der Waals surface area contributed by atoms with Gasteiger partial charge in [-0.15, -0.1) is 0 Å². The Morgan fingerprint density at radius 2 is 2.33 bits per heavy atom. The van der Waals surface area contributed by atoms with Crippen molar-refractivity contribution >= 4 is 12.6 Å². The van der Waals surface area contributed by atoms with E-state index >= 15 is 0 Å². The standard InChI is InChI=1S/C7H13NS/c9-6-1-2-7(6)3-4-8-5-7/h6,8-9H,1-5H2. The van der Waals surface area contributed by atoms with Crippen LogP contribution >= 0.6 is 12.6 Å². The molecule has 0 bridgehead atoms. The predicted octanol–water partition coefficient (Wildman–Crippen LogP) is 1.06. The van der Waals surface area contributed by atoms with Crippen LogP contribution in [0.4, 0.5) is 0 Å². The summed E-state index contributed by atoms with van der Waals surface area (Å²) < 4.78 is 0. The van der Waals surface area contributed by atoms with Gasteiger partial charge >= 0.3 is 0 Å². The summed E-state index contributed by atoms with van der Waals surface area (Å²) in [4.78, 5) is 0. The Hall–Kier alpha value is 0.310. The van der Waals surface area contributed by atoms with E-state index in [0.717, 1.165) is 0 Å². The third kappa shape index (κ3) is 0.729. The summed E-state index contributed by atoms with van der Waals surface area (Å²) in [6.45, 7) is 2.44. The Labute approximate surface area is 61.6 Å². The molecule has 1 saturated carbocycles. The summed E-state index contributed by atoms with van der Waals surface area (Å²) in [6.07, 6.45) is 4.11. The van der Waals surface area contributed by atoms with Crippen molar-refractivity contribution in [2.75, 3.05) is 13.1 Å². The zero-order valence-corrected chi connectivity index (χ0v) is 6.45. The van der Waals surface area contributed by atoms with Gasteiger partial charge < -0.3 is 5.32 Å². The lowest BCUT2D eigenvalue weighted by molar-refractivity contribution is 0.178. The van der Waals surface area contributed by atoms with Crippen LogP contribution in [-0.4, -0.2) is 18.3 Å². The molecular formula is C7H13NS. The molecule has 52 valence electrons. The summed E-state index contributed by atoms with van der Waals surface area (Å²) in [5.41, 5.74) is 0.628. The lowest BCUT2D eigenvalue weighted by Crippen LogP contribution is -2.42. The minimum atomic E-state index is 0.628. The van der Waals surface area contributed by atoms with E-state index in [2.05, 4.69) is 17.9 Å². The molecule has 2 unspecified atom stereocenters. The van der Waals surface area contributed by atoms with E-state index in [0.29, 0.717) is 10.7 Å². The Morgan fingerprint density at radius 1 is 1.44 bits per heavy atom. The molecule has 1 aliphatic heterocycles. The minimum Gasteiger partial charge on any atom is -0.316 e. The van der Waals surface area contributed by atoms with Crippen LogP contribution in [0.2, 0.25) is 0 Å². The van der Waals surface area contributed by atoms with Gasteiger partial charge in [0.25, 0.3) is 0 Å². The first-order valence-corrected chi connectivity index (χ1v) is 4.24. The van der Waals surface area contributed by atoms with Crippen molar-refractivity contribution in [3.63, 3.8) is 0 Å². The van der Waals surface area contributed by atoms with Gasteiger partial charge in [0.2, 0.25) is 0 Å². The van der Waals surface area contributed by atoms with Crippen molar-refractivity contribution in [1.82, 2.24) is 5.32 Å². The molecule has 0 aromatic rings. The van der Waals surface area contributed by atoms with E-state index in [1.54, 1.807) is 0 Å². The van der Waals surface area contributed by atoms with E-state index in [4.69, 9.17) is 0 Å². The second-order valence-corrected chi connectivity index (χ2v) is 3.97. The lowest BCUT2D eigenvalue weighted by Gasteiger charge is -2.44. The number of nitrogens with one attached hydrogen (secondary N) is 1. The van der Waals surface area contributed by atoms with E-state index in [9.17, 15) is 0 Å². The minimum absolute atomic E-state index is 0.628. The molecule has 0 aromatic heterocycles. The maximum atomic E-state index is 4.53. The Bertz CT molecular complexity index is 118. The first-order chi connectivity index (χ1) is 4.33. The molecule has 0 amide bonds. The van der Waals surface area contributed by atoms with Crippen molar-refractivity contribution < 1.29 is 0 Å². The molecule has 2 heteroatoms. The molecule has 1 spiro atoms. The fourth-order valence-electron chi connectivity index (χ4n) is 1.94. The van der Waals surface area contributed by atoms with Gasteiger partial charge in [0.15, 0.2) is 0 Å². The van der Waals surface area contributed by atoms with Crippen LogP contribution in [0.25, 0.3) is 0 Å². The third-order valence-corrected chi connectivity index (χ3v) is 3.71. The van der Waals surface area contributed by atoms with Crippen molar-refractivity contribution in [2.24, 2.45) is 5.41 Å². The van der Waals surface area contributed by atoms with Crippen molar-refractivity contribution in [3.8, 4) is 0 Å². The molecular weight excluding hydrogens is 130 g/mol. The average molecular weight is 143 g/mol. The average Bonchev–Trinajstić information content (AvgIpc) is 2.34.